The van der Waals surface area contributed by atoms with E-state index in [0.29, 0.717) is 11.3 Å². The molecule has 2 aliphatic rings. The summed E-state index contributed by atoms with van der Waals surface area (Å²) in [5.41, 5.74) is 3.68. The smallest absolute Gasteiger partial charge is 0.146 e. The fourth-order valence-corrected chi connectivity index (χ4v) is 3.65. The van der Waals surface area contributed by atoms with Crippen molar-refractivity contribution in [2.75, 3.05) is 36.0 Å². The minimum Gasteiger partial charge on any atom is -0.366 e. The number of nitrogens with zero attached hydrogens (tertiary/aromatic N) is 4. The van der Waals surface area contributed by atoms with Crippen molar-refractivity contribution in [3.8, 4) is 6.07 Å². The number of hydrogen-bond acceptors (Lipinski definition) is 4. The zero-order valence-corrected chi connectivity index (χ0v) is 13.5. The molecular weight excluding hydrogens is 303 g/mol. The molecule has 0 amide bonds. The molecule has 24 heavy (non-hydrogen) atoms. The molecule has 1 aromatic heterocycles. The van der Waals surface area contributed by atoms with Gasteiger partial charge in [0.15, 0.2) is 0 Å². The van der Waals surface area contributed by atoms with E-state index in [-0.39, 0.29) is 5.82 Å². The second-order valence-corrected chi connectivity index (χ2v) is 6.36. The Morgan fingerprint density at radius 1 is 1.04 bits per heavy atom. The van der Waals surface area contributed by atoms with E-state index >= 15 is 0 Å². The number of pyridine rings is 1. The standard InChI is InChI=1S/C19H19FN4/c20-16-5-1-2-7-18(16)23-8-10-24(11-9-23)19-15(13-21)12-14-4-3-6-17(14)22-19/h1-2,5,7,12H,3-4,6,8-11H2. The number of nitriles is 1. The van der Waals surface area contributed by atoms with Crippen LogP contribution in [0, 0.1) is 17.1 Å². The number of piperazine rings is 1. The van der Waals surface area contributed by atoms with E-state index in [4.69, 9.17) is 4.98 Å². The molecule has 2 heterocycles. The van der Waals surface area contributed by atoms with Crippen LogP contribution in [0.5, 0.6) is 0 Å². The lowest BCUT2D eigenvalue weighted by Gasteiger charge is -2.37. The van der Waals surface area contributed by atoms with Gasteiger partial charge in [-0.1, -0.05) is 12.1 Å². The number of benzene rings is 1. The van der Waals surface area contributed by atoms with Gasteiger partial charge in [-0.2, -0.15) is 5.26 Å². The van der Waals surface area contributed by atoms with Gasteiger partial charge in [-0.05, 0) is 43.0 Å². The fraction of sp³-hybridized carbons (Fsp3) is 0.368. The Morgan fingerprint density at radius 2 is 1.79 bits per heavy atom. The monoisotopic (exact) mass is 322 g/mol. The molecule has 0 unspecified atom stereocenters. The van der Waals surface area contributed by atoms with Gasteiger partial charge in [0.05, 0.1) is 11.3 Å². The third-order valence-corrected chi connectivity index (χ3v) is 4.92. The van der Waals surface area contributed by atoms with Crippen molar-refractivity contribution in [2.45, 2.75) is 19.3 Å². The van der Waals surface area contributed by atoms with E-state index in [1.807, 2.05) is 18.2 Å². The number of para-hydroxylation sites is 1. The molecule has 4 rings (SSSR count). The molecule has 1 saturated heterocycles. The minimum absolute atomic E-state index is 0.181. The first-order valence-electron chi connectivity index (χ1n) is 8.43. The molecular formula is C19H19FN4. The lowest BCUT2D eigenvalue weighted by Crippen LogP contribution is -2.47. The molecule has 1 aliphatic heterocycles. The van der Waals surface area contributed by atoms with Gasteiger partial charge in [-0.15, -0.1) is 0 Å². The van der Waals surface area contributed by atoms with Crippen molar-refractivity contribution in [3.63, 3.8) is 0 Å². The summed E-state index contributed by atoms with van der Waals surface area (Å²) < 4.78 is 14.0. The number of halogens is 1. The molecule has 2 aromatic rings. The maximum atomic E-state index is 14.0. The summed E-state index contributed by atoms with van der Waals surface area (Å²) in [6.45, 7) is 2.94. The highest BCUT2D eigenvalue weighted by atomic mass is 19.1. The number of anilines is 2. The molecule has 4 nitrogen and oxygen atoms in total. The Morgan fingerprint density at radius 3 is 2.54 bits per heavy atom. The highest BCUT2D eigenvalue weighted by Gasteiger charge is 2.24. The highest BCUT2D eigenvalue weighted by molar-refractivity contribution is 5.58. The first-order valence-corrected chi connectivity index (χ1v) is 8.43. The number of aromatic nitrogens is 1. The van der Waals surface area contributed by atoms with Crippen LogP contribution in [0.4, 0.5) is 15.9 Å². The first-order chi connectivity index (χ1) is 11.8. The molecule has 0 N–H and O–H groups in total. The topological polar surface area (TPSA) is 43.2 Å². The number of fused-ring (bicyclic) bond motifs is 1. The normalized spacial score (nSPS) is 16.8. The molecule has 5 heteroatoms. The van der Waals surface area contributed by atoms with Crippen molar-refractivity contribution >= 4 is 11.5 Å². The molecule has 0 atom stereocenters. The summed E-state index contributed by atoms with van der Waals surface area (Å²) in [5.74, 6) is 0.616. The molecule has 0 saturated carbocycles. The quantitative estimate of drug-likeness (QED) is 0.853. The zero-order chi connectivity index (χ0) is 16.5. The number of aryl methyl sites for hydroxylation is 2. The average molecular weight is 322 g/mol. The Balaban J connectivity index is 1.54. The fourth-order valence-electron chi connectivity index (χ4n) is 3.65. The molecule has 1 fully saturated rings. The van der Waals surface area contributed by atoms with Gasteiger partial charge < -0.3 is 9.80 Å². The van der Waals surface area contributed by atoms with E-state index < -0.39 is 0 Å². The van der Waals surface area contributed by atoms with Crippen LogP contribution in [-0.2, 0) is 12.8 Å². The lowest BCUT2D eigenvalue weighted by atomic mass is 10.1. The molecule has 0 radical (unpaired) electrons. The summed E-state index contributed by atoms with van der Waals surface area (Å²) in [6, 6.07) is 11.2. The molecule has 1 aliphatic carbocycles. The first kappa shape index (κ1) is 14.9. The molecule has 1 aromatic carbocycles. The van der Waals surface area contributed by atoms with Gasteiger partial charge in [-0.3, -0.25) is 0 Å². The summed E-state index contributed by atoms with van der Waals surface area (Å²) in [4.78, 5) is 9.00. The van der Waals surface area contributed by atoms with Gasteiger partial charge in [0.1, 0.15) is 17.7 Å². The van der Waals surface area contributed by atoms with Crippen molar-refractivity contribution in [2.24, 2.45) is 0 Å². The van der Waals surface area contributed by atoms with Gasteiger partial charge in [0.25, 0.3) is 0 Å². The van der Waals surface area contributed by atoms with Crippen molar-refractivity contribution in [3.05, 3.63) is 53.0 Å². The zero-order valence-electron chi connectivity index (χ0n) is 13.5. The third-order valence-electron chi connectivity index (χ3n) is 4.92. The third kappa shape index (κ3) is 2.58. The van der Waals surface area contributed by atoms with Crippen molar-refractivity contribution in [1.82, 2.24) is 4.98 Å². The van der Waals surface area contributed by atoms with Crippen LogP contribution in [0.25, 0.3) is 0 Å². The van der Waals surface area contributed by atoms with Crippen LogP contribution in [0.1, 0.15) is 23.2 Å². The largest absolute Gasteiger partial charge is 0.366 e. The Hall–Kier alpha value is -2.61. The SMILES string of the molecule is N#Cc1cc2c(nc1N1CCN(c3ccccc3F)CC1)CCC2. The second-order valence-electron chi connectivity index (χ2n) is 6.36. The van der Waals surface area contributed by atoms with Crippen molar-refractivity contribution in [1.29, 1.82) is 5.26 Å². The van der Waals surface area contributed by atoms with Crippen molar-refractivity contribution < 1.29 is 4.39 Å². The number of hydrogen-bond donors (Lipinski definition) is 0. The summed E-state index contributed by atoms with van der Waals surface area (Å²) in [6.07, 6.45) is 3.15. The summed E-state index contributed by atoms with van der Waals surface area (Å²) in [5, 5.41) is 9.47. The van der Waals surface area contributed by atoms with Crippen LogP contribution >= 0.6 is 0 Å². The van der Waals surface area contributed by atoms with E-state index in [9.17, 15) is 9.65 Å². The number of rotatable bonds is 2. The Kier molecular flexibility index (Phi) is 3.81. The summed E-state index contributed by atoms with van der Waals surface area (Å²) >= 11 is 0. The molecule has 0 spiro atoms. The van der Waals surface area contributed by atoms with Crippen LogP contribution < -0.4 is 9.80 Å². The van der Waals surface area contributed by atoms with E-state index in [1.165, 1.54) is 11.6 Å². The predicted octanol–water partition coefficient (Wildman–Crippen LogP) is 2.91. The van der Waals surface area contributed by atoms with Crippen LogP contribution in [0.15, 0.2) is 30.3 Å². The maximum absolute atomic E-state index is 14.0. The minimum atomic E-state index is -0.181. The Labute approximate surface area is 141 Å². The average Bonchev–Trinajstić information content (AvgIpc) is 3.08. The maximum Gasteiger partial charge on any atom is 0.146 e. The van der Waals surface area contributed by atoms with Crippen LogP contribution in [-0.4, -0.2) is 31.2 Å². The van der Waals surface area contributed by atoms with Gasteiger partial charge in [-0.25, -0.2) is 9.37 Å². The molecule has 122 valence electrons. The van der Waals surface area contributed by atoms with Crippen LogP contribution in [0.3, 0.4) is 0 Å². The summed E-state index contributed by atoms with van der Waals surface area (Å²) in [7, 11) is 0. The van der Waals surface area contributed by atoms with Crippen LogP contribution in [0.2, 0.25) is 0 Å². The van der Waals surface area contributed by atoms with Gasteiger partial charge in [0, 0.05) is 31.9 Å². The van der Waals surface area contributed by atoms with E-state index in [0.717, 1.165) is 57.0 Å². The lowest BCUT2D eigenvalue weighted by molar-refractivity contribution is 0.596. The molecule has 0 bridgehead atoms. The van der Waals surface area contributed by atoms with Gasteiger partial charge >= 0.3 is 0 Å². The van der Waals surface area contributed by atoms with E-state index in [2.05, 4.69) is 15.9 Å². The second kappa shape index (κ2) is 6.12. The van der Waals surface area contributed by atoms with Gasteiger partial charge in [0.2, 0.25) is 0 Å². The Bertz CT molecular complexity index is 803. The predicted molar refractivity (Wildman–Crippen MR) is 91.8 cm³/mol. The highest BCUT2D eigenvalue weighted by Crippen LogP contribution is 2.28. The van der Waals surface area contributed by atoms with E-state index in [1.54, 1.807) is 6.07 Å².